The zero-order valence-corrected chi connectivity index (χ0v) is 12.7. The normalized spacial score (nSPS) is 19.4. The highest BCUT2D eigenvalue weighted by molar-refractivity contribution is 5.76. The van der Waals surface area contributed by atoms with Gasteiger partial charge in [0.15, 0.2) is 0 Å². The topological polar surface area (TPSA) is 78.4 Å². The molecule has 0 radical (unpaired) electrons. The molecule has 22 heavy (non-hydrogen) atoms. The standard InChI is InChI=1S/C16H21N3O3/c1-2-22-12-5-6-13-14(8-12)18-15(17-13)10-19-7-3-4-11(9-19)16(20)21/h5-6,8,11H,2-4,7,9-10H2,1H3,(H,17,18)(H,20,21). The first-order valence-electron chi connectivity index (χ1n) is 7.72. The van der Waals surface area contributed by atoms with Crippen LogP contribution in [0.5, 0.6) is 5.75 Å². The van der Waals surface area contributed by atoms with Crippen molar-refractivity contribution in [3.05, 3.63) is 24.0 Å². The molecule has 0 bridgehead atoms. The van der Waals surface area contributed by atoms with Gasteiger partial charge in [0, 0.05) is 12.6 Å². The summed E-state index contributed by atoms with van der Waals surface area (Å²) in [6, 6.07) is 5.81. The third-order valence-corrected chi connectivity index (χ3v) is 4.04. The van der Waals surface area contributed by atoms with E-state index in [0.29, 0.717) is 19.7 Å². The third kappa shape index (κ3) is 3.22. The van der Waals surface area contributed by atoms with E-state index < -0.39 is 5.97 Å². The molecule has 0 saturated carbocycles. The van der Waals surface area contributed by atoms with Crippen molar-refractivity contribution in [1.29, 1.82) is 0 Å². The maximum atomic E-state index is 11.1. The number of carboxylic acid groups (broad SMARTS) is 1. The summed E-state index contributed by atoms with van der Waals surface area (Å²) in [5.74, 6) is 0.738. The lowest BCUT2D eigenvalue weighted by atomic mass is 9.98. The third-order valence-electron chi connectivity index (χ3n) is 4.04. The molecule has 118 valence electrons. The fourth-order valence-corrected chi connectivity index (χ4v) is 2.99. The summed E-state index contributed by atoms with van der Waals surface area (Å²) in [6.07, 6.45) is 1.69. The van der Waals surface area contributed by atoms with Gasteiger partial charge in [-0.15, -0.1) is 0 Å². The van der Waals surface area contributed by atoms with Gasteiger partial charge in [0.1, 0.15) is 11.6 Å². The van der Waals surface area contributed by atoms with Crippen LogP contribution in [0.25, 0.3) is 11.0 Å². The molecule has 6 heteroatoms. The first kappa shape index (κ1) is 14.8. The summed E-state index contributed by atoms with van der Waals surface area (Å²) < 4.78 is 5.49. The van der Waals surface area contributed by atoms with Crippen LogP contribution in [0.1, 0.15) is 25.6 Å². The fraction of sp³-hybridized carbons (Fsp3) is 0.500. The van der Waals surface area contributed by atoms with Crippen molar-refractivity contribution >= 4 is 17.0 Å². The Morgan fingerprint density at radius 3 is 3.18 bits per heavy atom. The molecule has 1 fully saturated rings. The van der Waals surface area contributed by atoms with Crippen molar-refractivity contribution < 1.29 is 14.6 Å². The number of H-pyrrole nitrogens is 1. The number of hydrogen-bond donors (Lipinski definition) is 2. The van der Waals surface area contributed by atoms with Gasteiger partial charge < -0.3 is 14.8 Å². The number of likely N-dealkylation sites (tertiary alicyclic amines) is 1. The fourth-order valence-electron chi connectivity index (χ4n) is 2.99. The molecule has 1 aromatic carbocycles. The van der Waals surface area contributed by atoms with Crippen LogP contribution in [0.4, 0.5) is 0 Å². The van der Waals surface area contributed by atoms with E-state index in [9.17, 15) is 4.79 Å². The van der Waals surface area contributed by atoms with Gasteiger partial charge in [-0.2, -0.15) is 0 Å². The molecule has 2 aromatic rings. The minimum Gasteiger partial charge on any atom is -0.494 e. The molecule has 2 heterocycles. The largest absolute Gasteiger partial charge is 0.494 e. The Labute approximate surface area is 129 Å². The van der Waals surface area contributed by atoms with Crippen LogP contribution in [0.15, 0.2) is 18.2 Å². The van der Waals surface area contributed by atoms with Gasteiger partial charge in [0.05, 0.1) is 30.1 Å². The zero-order chi connectivity index (χ0) is 15.5. The number of aliphatic carboxylic acids is 1. The van der Waals surface area contributed by atoms with Crippen molar-refractivity contribution in [2.24, 2.45) is 5.92 Å². The van der Waals surface area contributed by atoms with E-state index in [2.05, 4.69) is 14.9 Å². The molecule has 1 saturated heterocycles. The van der Waals surface area contributed by atoms with Crippen LogP contribution >= 0.6 is 0 Å². The molecule has 0 aliphatic carbocycles. The Kier molecular flexibility index (Phi) is 4.29. The van der Waals surface area contributed by atoms with E-state index in [1.54, 1.807) is 0 Å². The summed E-state index contributed by atoms with van der Waals surface area (Å²) in [4.78, 5) is 21.2. The number of rotatable bonds is 5. The van der Waals surface area contributed by atoms with Crippen LogP contribution in [0.2, 0.25) is 0 Å². The van der Waals surface area contributed by atoms with Gasteiger partial charge in [0.2, 0.25) is 0 Å². The number of hydrogen-bond acceptors (Lipinski definition) is 4. The Bertz CT molecular complexity index is 668. The summed E-state index contributed by atoms with van der Waals surface area (Å²) in [6.45, 7) is 4.76. The van der Waals surface area contributed by atoms with Gasteiger partial charge >= 0.3 is 5.97 Å². The first-order chi connectivity index (χ1) is 10.7. The molecular weight excluding hydrogens is 282 g/mol. The molecule has 1 aliphatic rings. The highest BCUT2D eigenvalue weighted by atomic mass is 16.5. The van der Waals surface area contributed by atoms with Crippen molar-refractivity contribution in [2.75, 3.05) is 19.7 Å². The average Bonchev–Trinajstić information content (AvgIpc) is 2.89. The van der Waals surface area contributed by atoms with Gasteiger partial charge in [0.25, 0.3) is 0 Å². The number of carboxylic acids is 1. The Morgan fingerprint density at radius 1 is 1.55 bits per heavy atom. The predicted molar refractivity (Wildman–Crippen MR) is 82.9 cm³/mol. The molecule has 2 N–H and O–H groups in total. The van der Waals surface area contributed by atoms with Crippen LogP contribution < -0.4 is 4.74 Å². The van der Waals surface area contributed by atoms with E-state index in [1.165, 1.54) is 0 Å². The number of nitrogens with one attached hydrogen (secondary N) is 1. The second-order valence-electron chi connectivity index (χ2n) is 5.71. The van der Waals surface area contributed by atoms with E-state index >= 15 is 0 Å². The van der Waals surface area contributed by atoms with Gasteiger partial charge in [-0.1, -0.05) is 0 Å². The highest BCUT2D eigenvalue weighted by Gasteiger charge is 2.25. The van der Waals surface area contributed by atoms with Crippen molar-refractivity contribution in [3.63, 3.8) is 0 Å². The maximum Gasteiger partial charge on any atom is 0.307 e. The zero-order valence-electron chi connectivity index (χ0n) is 12.7. The van der Waals surface area contributed by atoms with E-state index in [4.69, 9.17) is 9.84 Å². The molecule has 1 aliphatic heterocycles. The number of nitrogens with zero attached hydrogens (tertiary/aromatic N) is 2. The summed E-state index contributed by atoms with van der Waals surface area (Å²) in [7, 11) is 0. The lowest BCUT2D eigenvalue weighted by molar-refractivity contribution is -0.143. The minimum atomic E-state index is -0.698. The number of piperidine rings is 1. The number of aromatic nitrogens is 2. The number of fused-ring (bicyclic) bond motifs is 1. The van der Waals surface area contributed by atoms with Crippen molar-refractivity contribution in [2.45, 2.75) is 26.3 Å². The van der Waals surface area contributed by atoms with Crippen LogP contribution in [0, 0.1) is 5.92 Å². The van der Waals surface area contributed by atoms with Crippen molar-refractivity contribution in [3.8, 4) is 5.75 Å². The first-order valence-corrected chi connectivity index (χ1v) is 7.72. The van der Waals surface area contributed by atoms with E-state index in [-0.39, 0.29) is 5.92 Å². The summed E-state index contributed by atoms with van der Waals surface area (Å²) in [5.41, 5.74) is 1.86. The Balaban J connectivity index is 1.72. The van der Waals surface area contributed by atoms with Gasteiger partial charge in [-0.3, -0.25) is 9.69 Å². The number of ether oxygens (including phenoxy) is 1. The quantitative estimate of drug-likeness (QED) is 0.886. The Morgan fingerprint density at radius 2 is 2.41 bits per heavy atom. The molecule has 1 atom stereocenters. The average molecular weight is 303 g/mol. The van der Waals surface area contributed by atoms with Crippen LogP contribution in [0.3, 0.4) is 0 Å². The molecule has 0 spiro atoms. The van der Waals surface area contributed by atoms with Crippen LogP contribution in [-0.4, -0.2) is 45.6 Å². The SMILES string of the molecule is CCOc1ccc2nc(CN3CCCC(C(=O)O)C3)[nH]c2c1. The molecule has 3 rings (SSSR count). The number of imidazole rings is 1. The number of aromatic amines is 1. The van der Waals surface area contributed by atoms with Gasteiger partial charge in [-0.05, 0) is 38.4 Å². The number of benzene rings is 1. The summed E-state index contributed by atoms with van der Waals surface area (Å²) >= 11 is 0. The molecule has 6 nitrogen and oxygen atoms in total. The second-order valence-corrected chi connectivity index (χ2v) is 5.71. The monoisotopic (exact) mass is 303 g/mol. The molecular formula is C16H21N3O3. The van der Waals surface area contributed by atoms with Crippen molar-refractivity contribution in [1.82, 2.24) is 14.9 Å². The highest BCUT2D eigenvalue weighted by Crippen LogP contribution is 2.21. The molecule has 1 aromatic heterocycles. The molecule has 0 amide bonds. The number of carbonyl (C=O) groups is 1. The maximum absolute atomic E-state index is 11.1. The lowest BCUT2D eigenvalue weighted by Gasteiger charge is -2.29. The van der Waals surface area contributed by atoms with E-state index in [1.807, 2.05) is 25.1 Å². The molecule has 1 unspecified atom stereocenters. The van der Waals surface area contributed by atoms with Crippen LogP contribution in [-0.2, 0) is 11.3 Å². The van der Waals surface area contributed by atoms with Gasteiger partial charge in [-0.25, -0.2) is 4.98 Å². The smallest absolute Gasteiger partial charge is 0.307 e. The van der Waals surface area contributed by atoms with E-state index in [0.717, 1.165) is 42.0 Å². The Hall–Kier alpha value is -2.08. The minimum absolute atomic E-state index is 0.261. The second kappa shape index (κ2) is 6.36. The summed E-state index contributed by atoms with van der Waals surface area (Å²) in [5, 5.41) is 9.15. The lowest BCUT2D eigenvalue weighted by Crippen LogP contribution is -2.38. The predicted octanol–water partition coefficient (Wildman–Crippen LogP) is 2.26.